The number of hydrogen-bond acceptors (Lipinski definition) is 3. The van der Waals surface area contributed by atoms with Crippen molar-refractivity contribution < 1.29 is 4.79 Å². The molecule has 3 rings (SSSR count). The second kappa shape index (κ2) is 6.54. The average molecular weight is 312 g/mol. The molecule has 2 atom stereocenters. The molecule has 0 radical (unpaired) electrons. The van der Waals surface area contributed by atoms with Gasteiger partial charge in [-0.3, -0.25) is 4.79 Å². The van der Waals surface area contributed by atoms with Crippen LogP contribution in [-0.2, 0) is 0 Å². The van der Waals surface area contributed by atoms with Gasteiger partial charge in [-0.25, -0.2) is 4.98 Å². The summed E-state index contributed by atoms with van der Waals surface area (Å²) < 4.78 is 1.95. The number of likely N-dealkylation sites (N-methyl/N-ethyl adjacent to an activating group) is 1. The van der Waals surface area contributed by atoms with Crippen molar-refractivity contribution >= 4 is 5.91 Å². The standard InChI is InChI=1S/C18H24N4O/c1-13(2)22-11-17(19-12-22)18(23)20-16-10-21(3)9-15(16)14-7-5-4-6-8-14/h4-8,11-13,15-16H,9-10H2,1-3H3,(H,20,23)/t15-,16+/m0/s1. The van der Waals surface area contributed by atoms with Gasteiger partial charge >= 0.3 is 0 Å². The maximum atomic E-state index is 12.5. The third kappa shape index (κ3) is 3.45. The van der Waals surface area contributed by atoms with Crippen LogP contribution < -0.4 is 5.32 Å². The van der Waals surface area contributed by atoms with Gasteiger partial charge in [-0.1, -0.05) is 30.3 Å². The lowest BCUT2D eigenvalue weighted by atomic mass is 9.94. The number of imidazole rings is 1. The summed E-state index contributed by atoms with van der Waals surface area (Å²) in [5.41, 5.74) is 1.76. The van der Waals surface area contributed by atoms with E-state index < -0.39 is 0 Å². The van der Waals surface area contributed by atoms with E-state index in [-0.39, 0.29) is 11.9 Å². The molecule has 0 saturated carbocycles. The molecule has 1 amide bonds. The number of benzene rings is 1. The topological polar surface area (TPSA) is 50.2 Å². The van der Waals surface area contributed by atoms with Crippen LogP contribution >= 0.6 is 0 Å². The van der Waals surface area contributed by atoms with E-state index in [2.05, 4.69) is 60.4 Å². The highest BCUT2D eigenvalue weighted by Crippen LogP contribution is 2.26. The lowest BCUT2D eigenvalue weighted by Crippen LogP contribution is -2.39. The summed E-state index contributed by atoms with van der Waals surface area (Å²) in [5, 5.41) is 3.17. The van der Waals surface area contributed by atoms with Crippen LogP contribution in [0.4, 0.5) is 0 Å². The number of rotatable bonds is 4. The Morgan fingerprint density at radius 1 is 1.26 bits per heavy atom. The first kappa shape index (κ1) is 15.7. The minimum atomic E-state index is -0.0920. The Balaban J connectivity index is 1.73. The number of carbonyl (C=O) groups is 1. The molecule has 1 fully saturated rings. The third-order valence-corrected chi connectivity index (χ3v) is 4.48. The number of nitrogens with zero attached hydrogens (tertiary/aromatic N) is 3. The molecule has 1 aromatic heterocycles. The Bertz CT molecular complexity index is 665. The highest BCUT2D eigenvalue weighted by Gasteiger charge is 2.33. The highest BCUT2D eigenvalue weighted by molar-refractivity contribution is 5.92. The molecule has 0 bridgehead atoms. The van der Waals surface area contributed by atoms with Gasteiger partial charge in [0.25, 0.3) is 5.91 Å². The number of hydrogen-bond donors (Lipinski definition) is 1. The van der Waals surface area contributed by atoms with Crippen LogP contribution in [0.5, 0.6) is 0 Å². The van der Waals surface area contributed by atoms with Crippen molar-refractivity contribution in [1.29, 1.82) is 0 Å². The van der Waals surface area contributed by atoms with Gasteiger partial charge in [0.2, 0.25) is 0 Å². The lowest BCUT2D eigenvalue weighted by Gasteiger charge is -2.19. The first-order valence-corrected chi connectivity index (χ1v) is 8.12. The van der Waals surface area contributed by atoms with Crippen molar-refractivity contribution in [3.8, 4) is 0 Å². The fraction of sp³-hybridized carbons (Fsp3) is 0.444. The predicted molar refractivity (Wildman–Crippen MR) is 90.5 cm³/mol. The third-order valence-electron chi connectivity index (χ3n) is 4.48. The van der Waals surface area contributed by atoms with Gasteiger partial charge in [-0.05, 0) is 26.5 Å². The Kier molecular flexibility index (Phi) is 4.48. The molecule has 23 heavy (non-hydrogen) atoms. The van der Waals surface area contributed by atoms with Crippen LogP contribution in [-0.4, -0.2) is 46.5 Å². The van der Waals surface area contributed by atoms with Crippen LogP contribution in [0.1, 0.15) is 41.9 Å². The smallest absolute Gasteiger partial charge is 0.271 e. The van der Waals surface area contributed by atoms with Crippen molar-refractivity contribution in [3.63, 3.8) is 0 Å². The van der Waals surface area contributed by atoms with E-state index >= 15 is 0 Å². The van der Waals surface area contributed by atoms with Crippen LogP contribution in [0.15, 0.2) is 42.9 Å². The van der Waals surface area contributed by atoms with Crippen molar-refractivity contribution in [3.05, 3.63) is 54.1 Å². The van der Waals surface area contributed by atoms with Gasteiger partial charge in [-0.2, -0.15) is 0 Å². The molecule has 0 aliphatic carbocycles. The van der Waals surface area contributed by atoms with Gasteiger partial charge in [0.1, 0.15) is 5.69 Å². The quantitative estimate of drug-likeness (QED) is 0.942. The summed E-state index contributed by atoms with van der Waals surface area (Å²) in [4.78, 5) is 19.0. The molecule has 1 aromatic carbocycles. The molecule has 1 N–H and O–H groups in total. The van der Waals surface area contributed by atoms with E-state index in [4.69, 9.17) is 0 Å². The van der Waals surface area contributed by atoms with Gasteiger partial charge in [0.15, 0.2) is 0 Å². The van der Waals surface area contributed by atoms with E-state index in [9.17, 15) is 4.79 Å². The molecule has 2 aromatic rings. The second-order valence-corrected chi connectivity index (χ2v) is 6.62. The Morgan fingerprint density at radius 3 is 2.65 bits per heavy atom. The largest absolute Gasteiger partial charge is 0.346 e. The summed E-state index contributed by atoms with van der Waals surface area (Å²) in [6.07, 6.45) is 3.53. The maximum absolute atomic E-state index is 12.5. The summed E-state index contributed by atoms with van der Waals surface area (Å²) in [6.45, 7) is 5.95. The first-order chi connectivity index (χ1) is 11.0. The van der Waals surface area contributed by atoms with Gasteiger partial charge < -0.3 is 14.8 Å². The molecule has 5 nitrogen and oxygen atoms in total. The zero-order valence-corrected chi connectivity index (χ0v) is 13.9. The molecule has 1 aliphatic heterocycles. The monoisotopic (exact) mass is 312 g/mol. The zero-order valence-electron chi connectivity index (χ0n) is 13.9. The highest BCUT2D eigenvalue weighted by atomic mass is 16.2. The second-order valence-electron chi connectivity index (χ2n) is 6.62. The molecule has 2 heterocycles. The minimum Gasteiger partial charge on any atom is -0.346 e. The molecular formula is C18H24N4O. The fourth-order valence-electron chi connectivity index (χ4n) is 3.16. The fourth-order valence-corrected chi connectivity index (χ4v) is 3.16. The molecule has 5 heteroatoms. The minimum absolute atomic E-state index is 0.0920. The van der Waals surface area contributed by atoms with Crippen LogP contribution in [0.25, 0.3) is 0 Å². The predicted octanol–water partition coefficient (Wildman–Crippen LogP) is 2.29. The normalized spacial score (nSPS) is 21.7. The van der Waals surface area contributed by atoms with Gasteiger partial charge in [0, 0.05) is 37.3 Å². The van der Waals surface area contributed by atoms with Crippen molar-refractivity contribution in [2.45, 2.75) is 31.8 Å². The maximum Gasteiger partial charge on any atom is 0.271 e. The Morgan fingerprint density at radius 2 is 2.00 bits per heavy atom. The lowest BCUT2D eigenvalue weighted by molar-refractivity contribution is 0.0931. The number of aromatic nitrogens is 2. The molecule has 122 valence electrons. The number of likely N-dealkylation sites (tertiary alicyclic amines) is 1. The van der Waals surface area contributed by atoms with Gasteiger partial charge in [0.05, 0.1) is 6.33 Å². The molecule has 0 spiro atoms. The van der Waals surface area contributed by atoms with Gasteiger partial charge in [-0.15, -0.1) is 0 Å². The number of carbonyl (C=O) groups excluding carboxylic acids is 1. The van der Waals surface area contributed by atoms with E-state index in [0.717, 1.165) is 13.1 Å². The summed E-state index contributed by atoms with van der Waals surface area (Å²) in [7, 11) is 2.09. The van der Waals surface area contributed by atoms with Crippen molar-refractivity contribution in [2.75, 3.05) is 20.1 Å². The summed E-state index contributed by atoms with van der Waals surface area (Å²) in [6, 6.07) is 10.8. The number of nitrogens with one attached hydrogen (secondary N) is 1. The van der Waals surface area contributed by atoms with Crippen molar-refractivity contribution in [1.82, 2.24) is 19.8 Å². The van der Waals surface area contributed by atoms with Crippen LogP contribution in [0.2, 0.25) is 0 Å². The van der Waals surface area contributed by atoms with E-state index in [1.165, 1.54) is 5.56 Å². The SMILES string of the molecule is CC(C)n1cnc(C(=O)N[C@@H]2CN(C)C[C@H]2c2ccccc2)c1. The Labute approximate surface area is 137 Å². The van der Waals surface area contributed by atoms with Crippen LogP contribution in [0.3, 0.4) is 0 Å². The zero-order chi connectivity index (χ0) is 16.4. The molecule has 1 aliphatic rings. The van der Waals surface area contributed by atoms with Crippen molar-refractivity contribution in [2.24, 2.45) is 0 Å². The molecular weight excluding hydrogens is 288 g/mol. The summed E-state index contributed by atoms with van der Waals surface area (Å²) in [5.74, 6) is 0.225. The molecule has 1 saturated heterocycles. The van der Waals surface area contributed by atoms with E-state index in [1.54, 1.807) is 6.33 Å². The van der Waals surface area contributed by atoms with E-state index in [0.29, 0.717) is 17.7 Å². The molecule has 0 unspecified atom stereocenters. The van der Waals surface area contributed by atoms with E-state index in [1.807, 2.05) is 16.8 Å². The Hall–Kier alpha value is -2.14. The number of amides is 1. The van der Waals surface area contributed by atoms with Crippen LogP contribution in [0, 0.1) is 0 Å². The summed E-state index contributed by atoms with van der Waals surface area (Å²) >= 11 is 0. The average Bonchev–Trinajstić information content (AvgIpc) is 3.15. The first-order valence-electron chi connectivity index (χ1n) is 8.12.